The molecule has 0 bridgehead atoms. The summed E-state index contributed by atoms with van der Waals surface area (Å²) in [4.78, 5) is 10.9. The van der Waals surface area contributed by atoms with Crippen molar-refractivity contribution in [1.82, 2.24) is 0 Å². The van der Waals surface area contributed by atoms with Crippen molar-refractivity contribution in [1.29, 1.82) is 0 Å². The maximum absolute atomic E-state index is 10.9. The summed E-state index contributed by atoms with van der Waals surface area (Å²) in [6.07, 6.45) is 14.8. The molecule has 1 saturated carbocycles. The van der Waals surface area contributed by atoms with E-state index in [4.69, 9.17) is 5.11 Å². The molecule has 2 heteroatoms. The van der Waals surface area contributed by atoms with Crippen molar-refractivity contribution in [3.05, 3.63) is 23.8 Å². The van der Waals surface area contributed by atoms with Gasteiger partial charge in [0.05, 0.1) is 5.57 Å². The van der Waals surface area contributed by atoms with E-state index in [1.807, 2.05) is 6.08 Å². The highest BCUT2D eigenvalue weighted by Crippen LogP contribution is 2.33. The van der Waals surface area contributed by atoms with Crippen LogP contribution in [-0.2, 0) is 4.79 Å². The third-order valence-electron chi connectivity index (χ3n) is 3.79. The van der Waals surface area contributed by atoms with Crippen LogP contribution in [0, 0.1) is 11.8 Å². The molecule has 1 fully saturated rings. The molecule has 88 valence electrons. The lowest BCUT2D eigenvalue weighted by Gasteiger charge is -2.24. The van der Waals surface area contributed by atoms with Crippen molar-refractivity contribution >= 4 is 5.97 Å². The number of fused-ring (bicyclic) bond motifs is 1. The van der Waals surface area contributed by atoms with E-state index < -0.39 is 5.97 Å². The van der Waals surface area contributed by atoms with Gasteiger partial charge in [0, 0.05) is 0 Å². The van der Waals surface area contributed by atoms with Crippen LogP contribution in [-0.4, -0.2) is 11.1 Å². The maximum Gasteiger partial charge on any atom is 0.335 e. The molecule has 0 saturated heterocycles. The van der Waals surface area contributed by atoms with Crippen molar-refractivity contribution in [3.63, 3.8) is 0 Å². The predicted molar refractivity (Wildman–Crippen MR) is 64.2 cm³/mol. The molecule has 1 N–H and O–H groups in total. The quantitative estimate of drug-likeness (QED) is 0.733. The third kappa shape index (κ3) is 2.75. The van der Waals surface area contributed by atoms with Gasteiger partial charge in [-0.3, -0.25) is 0 Å². The van der Waals surface area contributed by atoms with Gasteiger partial charge in [0.15, 0.2) is 0 Å². The molecule has 2 nitrogen and oxygen atoms in total. The van der Waals surface area contributed by atoms with Crippen LogP contribution >= 0.6 is 0 Å². The Bertz CT molecular complexity index is 315. The summed E-state index contributed by atoms with van der Waals surface area (Å²) in [5.74, 6) is 0.268. The van der Waals surface area contributed by atoms with Crippen LogP contribution in [0.4, 0.5) is 0 Å². The molecule has 0 aromatic carbocycles. The highest BCUT2D eigenvalue weighted by atomic mass is 16.4. The molecule has 2 rings (SSSR count). The molecule has 0 spiro atoms. The Hall–Kier alpha value is -1.05. The summed E-state index contributed by atoms with van der Waals surface area (Å²) in [5.41, 5.74) is 0.487. The van der Waals surface area contributed by atoms with Gasteiger partial charge in [-0.2, -0.15) is 0 Å². The molecular formula is C14H20O2. The van der Waals surface area contributed by atoms with Crippen LogP contribution in [0.5, 0.6) is 0 Å². The number of rotatable bonds is 1. The van der Waals surface area contributed by atoms with Gasteiger partial charge in [0.25, 0.3) is 0 Å². The van der Waals surface area contributed by atoms with Crippen molar-refractivity contribution < 1.29 is 9.90 Å². The van der Waals surface area contributed by atoms with Crippen LogP contribution in [0.1, 0.15) is 44.9 Å². The molecule has 2 unspecified atom stereocenters. The smallest absolute Gasteiger partial charge is 0.335 e. The minimum atomic E-state index is -0.783. The number of hydrogen-bond donors (Lipinski definition) is 1. The van der Waals surface area contributed by atoms with Crippen molar-refractivity contribution in [2.24, 2.45) is 11.8 Å². The number of hydrogen-bond acceptors (Lipinski definition) is 1. The van der Waals surface area contributed by atoms with E-state index in [1.54, 1.807) is 6.08 Å². The molecule has 0 aromatic rings. The van der Waals surface area contributed by atoms with Gasteiger partial charge in [-0.15, -0.1) is 0 Å². The second-order valence-corrected chi connectivity index (χ2v) is 4.96. The second-order valence-electron chi connectivity index (χ2n) is 4.96. The Balaban J connectivity index is 2.09. The molecule has 0 amide bonds. The topological polar surface area (TPSA) is 37.3 Å². The third-order valence-corrected chi connectivity index (χ3v) is 3.79. The molecule has 2 atom stereocenters. The number of allylic oxidation sites excluding steroid dienone is 2. The summed E-state index contributed by atoms with van der Waals surface area (Å²) in [5, 5.41) is 8.99. The van der Waals surface area contributed by atoms with Gasteiger partial charge >= 0.3 is 5.97 Å². The number of carbonyl (C=O) groups is 1. The Labute approximate surface area is 97.0 Å². The van der Waals surface area contributed by atoms with Gasteiger partial charge in [-0.25, -0.2) is 4.79 Å². The molecular weight excluding hydrogens is 200 g/mol. The van der Waals surface area contributed by atoms with E-state index in [1.165, 1.54) is 38.5 Å². The molecule has 0 heterocycles. The summed E-state index contributed by atoms with van der Waals surface area (Å²) >= 11 is 0. The average Bonchev–Trinajstić information content (AvgIpc) is 2.39. The molecule has 0 aromatic heterocycles. The zero-order chi connectivity index (χ0) is 11.4. The Morgan fingerprint density at radius 1 is 1.06 bits per heavy atom. The van der Waals surface area contributed by atoms with Crippen LogP contribution in [0.3, 0.4) is 0 Å². The Morgan fingerprint density at radius 2 is 1.69 bits per heavy atom. The van der Waals surface area contributed by atoms with Gasteiger partial charge in [-0.05, 0) is 24.7 Å². The van der Waals surface area contributed by atoms with Gasteiger partial charge < -0.3 is 5.11 Å². The fourth-order valence-corrected chi connectivity index (χ4v) is 2.82. The SMILES string of the molecule is O=C(O)C1=CC2CCCCCCCC2C=C1. The maximum atomic E-state index is 10.9. The second kappa shape index (κ2) is 5.33. The highest BCUT2D eigenvalue weighted by Gasteiger charge is 2.23. The van der Waals surface area contributed by atoms with Crippen LogP contribution in [0.2, 0.25) is 0 Å². The first kappa shape index (κ1) is 11.4. The normalized spacial score (nSPS) is 30.6. The van der Waals surface area contributed by atoms with Gasteiger partial charge in [0.2, 0.25) is 0 Å². The summed E-state index contributed by atoms with van der Waals surface area (Å²) in [6, 6.07) is 0. The first-order chi connectivity index (χ1) is 7.77. The minimum absolute atomic E-state index is 0.467. The molecule has 2 aliphatic carbocycles. The Kier molecular flexibility index (Phi) is 3.81. The van der Waals surface area contributed by atoms with Gasteiger partial charge in [-0.1, -0.05) is 50.3 Å². The van der Waals surface area contributed by atoms with Crippen LogP contribution in [0.25, 0.3) is 0 Å². The molecule has 16 heavy (non-hydrogen) atoms. The summed E-state index contributed by atoms with van der Waals surface area (Å²) in [7, 11) is 0. The minimum Gasteiger partial charge on any atom is -0.478 e. The van der Waals surface area contributed by atoms with Crippen LogP contribution in [0.15, 0.2) is 23.8 Å². The summed E-state index contributed by atoms with van der Waals surface area (Å²) in [6.45, 7) is 0. The first-order valence-corrected chi connectivity index (χ1v) is 6.40. The average molecular weight is 220 g/mol. The number of aliphatic carboxylic acids is 1. The van der Waals surface area contributed by atoms with E-state index in [0.717, 1.165) is 6.42 Å². The number of carboxylic acid groups (broad SMARTS) is 1. The Morgan fingerprint density at radius 3 is 2.38 bits per heavy atom. The van der Waals surface area contributed by atoms with Crippen molar-refractivity contribution in [2.75, 3.05) is 0 Å². The standard InChI is InChI=1S/C14H20O2/c15-14(16)13-9-8-11-6-4-2-1-3-5-7-12(11)10-13/h8-12H,1-7H2,(H,15,16). The molecule has 0 radical (unpaired) electrons. The number of carboxylic acids is 1. The monoisotopic (exact) mass is 220 g/mol. The van der Waals surface area contributed by atoms with E-state index >= 15 is 0 Å². The van der Waals surface area contributed by atoms with Crippen LogP contribution < -0.4 is 0 Å². The van der Waals surface area contributed by atoms with Gasteiger partial charge in [0.1, 0.15) is 0 Å². The van der Waals surface area contributed by atoms with E-state index in [2.05, 4.69) is 6.08 Å². The van der Waals surface area contributed by atoms with E-state index in [0.29, 0.717) is 17.4 Å². The largest absolute Gasteiger partial charge is 0.478 e. The fraction of sp³-hybridized carbons (Fsp3) is 0.643. The highest BCUT2D eigenvalue weighted by molar-refractivity contribution is 5.90. The lowest BCUT2D eigenvalue weighted by molar-refractivity contribution is -0.132. The lowest BCUT2D eigenvalue weighted by atomic mass is 9.80. The zero-order valence-corrected chi connectivity index (χ0v) is 9.69. The fourth-order valence-electron chi connectivity index (χ4n) is 2.82. The lowest BCUT2D eigenvalue weighted by Crippen LogP contribution is -2.16. The van der Waals surface area contributed by atoms with E-state index in [-0.39, 0.29) is 0 Å². The zero-order valence-electron chi connectivity index (χ0n) is 9.69. The summed E-state index contributed by atoms with van der Waals surface area (Å²) < 4.78 is 0. The first-order valence-electron chi connectivity index (χ1n) is 6.40. The van der Waals surface area contributed by atoms with E-state index in [9.17, 15) is 4.79 Å². The predicted octanol–water partition coefficient (Wildman–Crippen LogP) is 3.54. The molecule has 0 aliphatic heterocycles. The van der Waals surface area contributed by atoms with Crippen molar-refractivity contribution in [2.45, 2.75) is 44.9 Å². The van der Waals surface area contributed by atoms with Crippen molar-refractivity contribution in [3.8, 4) is 0 Å². The molecule has 2 aliphatic rings.